The maximum Gasteiger partial charge on any atom is 0.205 e. The van der Waals surface area contributed by atoms with Gasteiger partial charge in [-0.15, -0.1) is 0 Å². The van der Waals surface area contributed by atoms with Crippen LogP contribution in [0.5, 0.6) is 0 Å². The van der Waals surface area contributed by atoms with Crippen LogP contribution in [0, 0.1) is 12.7 Å². The number of aromatic nitrogens is 2. The van der Waals surface area contributed by atoms with Crippen molar-refractivity contribution in [2.45, 2.75) is 13.3 Å². The van der Waals surface area contributed by atoms with Crippen LogP contribution >= 0.6 is 0 Å². The van der Waals surface area contributed by atoms with E-state index >= 15 is 0 Å². The van der Waals surface area contributed by atoms with Gasteiger partial charge in [0.15, 0.2) is 11.6 Å². The maximum absolute atomic E-state index is 13.4. The van der Waals surface area contributed by atoms with Crippen LogP contribution in [0.2, 0.25) is 0 Å². The molecule has 0 aliphatic carbocycles. The highest BCUT2D eigenvalue weighted by Crippen LogP contribution is 2.12. The molecule has 0 aliphatic rings. The van der Waals surface area contributed by atoms with Gasteiger partial charge in [-0.2, -0.15) is 0 Å². The molecule has 0 unspecified atom stereocenters. The molecular formula is C14H13FN2O2. The van der Waals surface area contributed by atoms with Crippen LogP contribution < -0.4 is 0 Å². The monoisotopic (exact) mass is 260 g/mol. The molecule has 1 aromatic heterocycles. The van der Waals surface area contributed by atoms with Crippen molar-refractivity contribution >= 4 is 11.6 Å². The molecule has 0 aliphatic heterocycles. The number of halogens is 1. The molecular weight excluding hydrogens is 247 g/mol. The van der Waals surface area contributed by atoms with Gasteiger partial charge in [0.1, 0.15) is 5.82 Å². The van der Waals surface area contributed by atoms with E-state index in [1.807, 2.05) is 0 Å². The van der Waals surface area contributed by atoms with Crippen molar-refractivity contribution in [2.75, 3.05) is 0 Å². The standard InChI is InChI=1S/C14H13FN2O2/c1-9-3-4-10(7-11(9)15)12(18)8-13(19)14-16-5-6-17(14)2/h3-7H,8H2,1-2H3. The molecule has 0 bridgehead atoms. The van der Waals surface area contributed by atoms with E-state index in [2.05, 4.69) is 4.98 Å². The molecule has 0 amide bonds. The number of aryl methyl sites for hydroxylation is 2. The average molecular weight is 260 g/mol. The second-order valence-corrected chi connectivity index (χ2v) is 4.35. The first-order chi connectivity index (χ1) is 8.99. The van der Waals surface area contributed by atoms with E-state index < -0.39 is 11.6 Å². The van der Waals surface area contributed by atoms with Gasteiger partial charge in [0.25, 0.3) is 0 Å². The van der Waals surface area contributed by atoms with Crippen LogP contribution in [-0.4, -0.2) is 21.1 Å². The number of rotatable bonds is 4. The van der Waals surface area contributed by atoms with E-state index in [1.165, 1.54) is 18.3 Å². The van der Waals surface area contributed by atoms with Crippen molar-refractivity contribution < 1.29 is 14.0 Å². The van der Waals surface area contributed by atoms with Gasteiger partial charge < -0.3 is 4.57 Å². The highest BCUT2D eigenvalue weighted by atomic mass is 19.1. The van der Waals surface area contributed by atoms with Crippen LogP contribution in [0.4, 0.5) is 4.39 Å². The molecule has 4 nitrogen and oxygen atoms in total. The molecule has 1 heterocycles. The summed E-state index contributed by atoms with van der Waals surface area (Å²) in [5, 5.41) is 0. The summed E-state index contributed by atoms with van der Waals surface area (Å²) >= 11 is 0. The Bertz CT molecular complexity index is 647. The summed E-state index contributed by atoms with van der Waals surface area (Å²) in [6.45, 7) is 1.61. The smallest absolute Gasteiger partial charge is 0.205 e. The van der Waals surface area contributed by atoms with Gasteiger partial charge in [0.2, 0.25) is 5.78 Å². The van der Waals surface area contributed by atoms with Crippen LogP contribution in [0.15, 0.2) is 30.6 Å². The lowest BCUT2D eigenvalue weighted by Gasteiger charge is -2.03. The lowest BCUT2D eigenvalue weighted by molar-refractivity contribution is 0.0886. The quantitative estimate of drug-likeness (QED) is 0.626. The molecule has 0 spiro atoms. The molecule has 98 valence electrons. The van der Waals surface area contributed by atoms with Crippen LogP contribution in [0.25, 0.3) is 0 Å². The molecule has 0 saturated heterocycles. The largest absolute Gasteiger partial charge is 0.332 e. The molecule has 0 N–H and O–H groups in total. The van der Waals surface area contributed by atoms with Crippen molar-refractivity contribution in [3.63, 3.8) is 0 Å². The topological polar surface area (TPSA) is 52.0 Å². The Morgan fingerprint density at radius 3 is 2.63 bits per heavy atom. The average Bonchev–Trinajstić information content (AvgIpc) is 2.79. The van der Waals surface area contributed by atoms with E-state index in [4.69, 9.17) is 0 Å². The molecule has 2 aromatic rings. The molecule has 5 heteroatoms. The van der Waals surface area contributed by atoms with Gasteiger partial charge in [0, 0.05) is 25.0 Å². The predicted octanol–water partition coefficient (Wildman–Crippen LogP) is 2.32. The fraction of sp³-hybridized carbons (Fsp3) is 0.214. The zero-order valence-corrected chi connectivity index (χ0v) is 10.7. The fourth-order valence-electron chi connectivity index (χ4n) is 1.73. The van der Waals surface area contributed by atoms with Gasteiger partial charge in [-0.05, 0) is 18.6 Å². The second kappa shape index (κ2) is 5.14. The first kappa shape index (κ1) is 13.1. The SMILES string of the molecule is Cc1ccc(C(=O)CC(=O)c2nccn2C)cc1F. The number of nitrogens with zero attached hydrogens (tertiary/aromatic N) is 2. The number of hydrogen-bond donors (Lipinski definition) is 0. The number of ketones is 2. The summed E-state index contributed by atoms with van der Waals surface area (Å²) in [6.07, 6.45) is 2.81. The third kappa shape index (κ3) is 2.76. The Hall–Kier alpha value is -2.30. The van der Waals surface area contributed by atoms with Gasteiger partial charge >= 0.3 is 0 Å². The number of Topliss-reactive ketones (excluding diaryl/α,β-unsaturated/α-hetero) is 2. The normalized spacial score (nSPS) is 10.5. The Balaban J connectivity index is 2.15. The summed E-state index contributed by atoms with van der Waals surface area (Å²) in [7, 11) is 1.68. The van der Waals surface area contributed by atoms with Crippen molar-refractivity contribution in [3.05, 3.63) is 53.4 Å². The van der Waals surface area contributed by atoms with Crippen LogP contribution in [0.3, 0.4) is 0 Å². The molecule has 0 atom stereocenters. The minimum absolute atomic E-state index is 0.200. The highest BCUT2D eigenvalue weighted by molar-refractivity contribution is 6.12. The third-order valence-electron chi connectivity index (χ3n) is 2.89. The minimum atomic E-state index is -0.449. The van der Waals surface area contributed by atoms with Gasteiger partial charge in [0.05, 0.1) is 6.42 Å². The molecule has 0 saturated carbocycles. The molecule has 2 rings (SSSR count). The van der Waals surface area contributed by atoms with Gasteiger partial charge in [-0.25, -0.2) is 9.37 Å². The second-order valence-electron chi connectivity index (χ2n) is 4.35. The van der Waals surface area contributed by atoms with Gasteiger partial charge in [-0.1, -0.05) is 12.1 Å². The lowest BCUT2D eigenvalue weighted by Crippen LogP contribution is -2.13. The maximum atomic E-state index is 13.4. The van der Waals surface area contributed by atoms with Crippen molar-refractivity contribution in [1.29, 1.82) is 0 Å². The van der Waals surface area contributed by atoms with Crippen LogP contribution in [0.1, 0.15) is 33.0 Å². The predicted molar refractivity (Wildman–Crippen MR) is 67.6 cm³/mol. The van der Waals surface area contributed by atoms with Crippen molar-refractivity contribution in [3.8, 4) is 0 Å². The van der Waals surface area contributed by atoms with E-state index in [1.54, 1.807) is 24.7 Å². The van der Waals surface area contributed by atoms with Crippen molar-refractivity contribution in [1.82, 2.24) is 9.55 Å². The number of benzene rings is 1. The molecule has 19 heavy (non-hydrogen) atoms. The number of imidazole rings is 1. The summed E-state index contributed by atoms with van der Waals surface area (Å²) < 4.78 is 14.9. The Morgan fingerprint density at radius 1 is 1.32 bits per heavy atom. The zero-order chi connectivity index (χ0) is 14.0. The Kier molecular flexibility index (Phi) is 3.55. The van der Waals surface area contributed by atoms with Gasteiger partial charge in [-0.3, -0.25) is 9.59 Å². The zero-order valence-electron chi connectivity index (χ0n) is 10.7. The van der Waals surface area contributed by atoms with E-state index in [0.717, 1.165) is 6.07 Å². The van der Waals surface area contributed by atoms with Crippen LogP contribution in [-0.2, 0) is 7.05 Å². The molecule has 1 aromatic carbocycles. The van der Waals surface area contributed by atoms with Crippen molar-refractivity contribution in [2.24, 2.45) is 7.05 Å². The van der Waals surface area contributed by atoms with E-state index in [-0.39, 0.29) is 23.6 Å². The Morgan fingerprint density at radius 2 is 2.05 bits per heavy atom. The summed E-state index contributed by atoms with van der Waals surface area (Å²) in [6, 6.07) is 4.20. The summed E-state index contributed by atoms with van der Waals surface area (Å²) in [5.74, 6) is -1.01. The molecule has 0 fully saturated rings. The van der Waals surface area contributed by atoms with E-state index in [9.17, 15) is 14.0 Å². The summed E-state index contributed by atoms with van der Waals surface area (Å²) in [4.78, 5) is 27.6. The molecule has 0 radical (unpaired) electrons. The fourth-order valence-corrected chi connectivity index (χ4v) is 1.73. The number of carbonyl (C=O) groups is 2. The first-order valence-corrected chi connectivity index (χ1v) is 5.79. The number of hydrogen-bond acceptors (Lipinski definition) is 3. The minimum Gasteiger partial charge on any atom is -0.332 e. The highest BCUT2D eigenvalue weighted by Gasteiger charge is 2.17. The Labute approximate surface area is 109 Å². The number of carbonyl (C=O) groups excluding carboxylic acids is 2. The third-order valence-corrected chi connectivity index (χ3v) is 2.89. The lowest BCUT2D eigenvalue weighted by atomic mass is 10.0. The summed E-state index contributed by atoms with van der Waals surface area (Å²) in [5.41, 5.74) is 0.664. The van der Waals surface area contributed by atoms with E-state index in [0.29, 0.717) is 5.56 Å². The first-order valence-electron chi connectivity index (χ1n) is 5.79.